The Morgan fingerprint density at radius 3 is 2.76 bits per heavy atom. The molecule has 5 heteroatoms. The number of carbonyl (C=O) groups excluding carboxylic acids is 1. The normalized spacial score (nSPS) is 15.3. The van der Waals surface area contributed by atoms with Crippen molar-refractivity contribution in [3.63, 3.8) is 0 Å². The first-order valence-corrected chi connectivity index (χ1v) is 8.53. The number of halogens is 1. The lowest BCUT2D eigenvalue weighted by Gasteiger charge is -2.21. The van der Waals surface area contributed by atoms with Gasteiger partial charge in [-0.25, -0.2) is 0 Å². The van der Waals surface area contributed by atoms with Crippen molar-refractivity contribution in [2.24, 2.45) is 5.73 Å². The van der Waals surface area contributed by atoms with E-state index in [1.54, 1.807) is 0 Å². The number of thioether (sulfide) groups is 1. The van der Waals surface area contributed by atoms with Crippen molar-refractivity contribution in [2.45, 2.75) is 49.5 Å². The summed E-state index contributed by atoms with van der Waals surface area (Å²) in [4.78, 5) is 11.5. The highest BCUT2D eigenvalue weighted by Gasteiger charge is 2.13. The zero-order valence-corrected chi connectivity index (χ0v) is 14.0. The van der Waals surface area contributed by atoms with Crippen LogP contribution in [-0.4, -0.2) is 17.7 Å². The van der Waals surface area contributed by atoms with Crippen LogP contribution in [0.25, 0.3) is 0 Å². The lowest BCUT2D eigenvalue weighted by Crippen LogP contribution is -2.16. The molecule has 1 saturated carbocycles. The van der Waals surface area contributed by atoms with Crippen molar-refractivity contribution < 1.29 is 4.79 Å². The van der Waals surface area contributed by atoms with Gasteiger partial charge in [0.25, 0.3) is 0 Å². The Balaban J connectivity index is 0.00000220. The van der Waals surface area contributed by atoms with E-state index in [-0.39, 0.29) is 18.3 Å². The van der Waals surface area contributed by atoms with Crippen LogP contribution in [-0.2, 0) is 10.5 Å². The predicted octanol–water partition coefficient (Wildman–Crippen LogP) is 3.96. The van der Waals surface area contributed by atoms with Crippen LogP contribution in [0.4, 0.5) is 5.69 Å². The number of nitrogens with one attached hydrogen (secondary N) is 1. The second-order valence-corrected chi connectivity index (χ2v) is 6.65. The number of hydrogen-bond acceptors (Lipinski definition) is 3. The van der Waals surface area contributed by atoms with Crippen LogP contribution in [0.1, 0.15) is 44.1 Å². The van der Waals surface area contributed by atoms with E-state index in [9.17, 15) is 4.79 Å². The van der Waals surface area contributed by atoms with Crippen molar-refractivity contribution in [3.05, 3.63) is 29.8 Å². The second-order valence-electron chi connectivity index (χ2n) is 5.36. The highest BCUT2D eigenvalue weighted by molar-refractivity contribution is 7.99. The Bertz CT molecular complexity index is 436. The van der Waals surface area contributed by atoms with Gasteiger partial charge in [-0.15, -0.1) is 12.4 Å². The molecule has 3 nitrogen and oxygen atoms in total. The zero-order chi connectivity index (χ0) is 14.2. The van der Waals surface area contributed by atoms with Gasteiger partial charge in [-0.3, -0.25) is 4.79 Å². The minimum absolute atomic E-state index is 0. The molecule has 2 rings (SSSR count). The summed E-state index contributed by atoms with van der Waals surface area (Å²) in [6.45, 7) is 0.392. The molecule has 0 heterocycles. The Hall–Kier alpha value is -0.710. The second kappa shape index (κ2) is 10.1. The number of carbonyl (C=O) groups is 1. The molecule has 0 atom stereocenters. The van der Waals surface area contributed by atoms with E-state index in [1.165, 1.54) is 37.7 Å². The van der Waals surface area contributed by atoms with Crippen LogP contribution in [0.2, 0.25) is 0 Å². The van der Waals surface area contributed by atoms with E-state index in [4.69, 9.17) is 5.73 Å². The summed E-state index contributed by atoms with van der Waals surface area (Å²) >= 11 is 2.06. The van der Waals surface area contributed by atoms with Crippen LogP contribution in [0, 0.1) is 0 Å². The Kier molecular flexibility index (Phi) is 8.81. The van der Waals surface area contributed by atoms with Gasteiger partial charge in [0.2, 0.25) is 5.91 Å². The van der Waals surface area contributed by atoms with Gasteiger partial charge in [0, 0.05) is 29.7 Å². The highest BCUT2D eigenvalue weighted by atomic mass is 35.5. The Morgan fingerprint density at radius 1 is 1.29 bits per heavy atom. The van der Waals surface area contributed by atoms with Crippen LogP contribution in [0.3, 0.4) is 0 Å². The van der Waals surface area contributed by atoms with Gasteiger partial charge in [0.15, 0.2) is 0 Å². The predicted molar refractivity (Wildman–Crippen MR) is 94.2 cm³/mol. The Morgan fingerprint density at radius 2 is 2.05 bits per heavy atom. The molecule has 1 aromatic rings. The molecule has 1 aliphatic rings. The third-order valence-corrected chi connectivity index (χ3v) is 5.06. The smallest absolute Gasteiger partial charge is 0.225 e. The molecule has 0 bridgehead atoms. The molecule has 0 spiro atoms. The fourth-order valence-electron chi connectivity index (χ4n) is 2.54. The maximum atomic E-state index is 11.5. The van der Waals surface area contributed by atoms with Crippen molar-refractivity contribution in [1.82, 2.24) is 0 Å². The molecule has 1 amide bonds. The maximum absolute atomic E-state index is 11.5. The molecule has 0 aliphatic heterocycles. The fourth-order valence-corrected chi connectivity index (χ4v) is 3.81. The van der Waals surface area contributed by atoms with Crippen LogP contribution >= 0.6 is 24.2 Å². The number of amides is 1. The molecule has 1 aromatic carbocycles. The quantitative estimate of drug-likeness (QED) is 0.831. The highest BCUT2D eigenvalue weighted by Crippen LogP contribution is 2.30. The summed E-state index contributed by atoms with van der Waals surface area (Å²) in [5.74, 6) is 1.02. The van der Waals surface area contributed by atoms with Gasteiger partial charge in [-0.2, -0.15) is 11.8 Å². The third kappa shape index (κ3) is 6.72. The molecule has 0 saturated heterocycles. The number of benzene rings is 1. The minimum Gasteiger partial charge on any atom is -0.330 e. The summed E-state index contributed by atoms with van der Waals surface area (Å²) in [5, 5.41) is 3.71. The maximum Gasteiger partial charge on any atom is 0.225 e. The first kappa shape index (κ1) is 18.3. The van der Waals surface area contributed by atoms with Gasteiger partial charge in [0.1, 0.15) is 0 Å². The summed E-state index contributed by atoms with van der Waals surface area (Å²) in [6.07, 6.45) is 7.26. The van der Waals surface area contributed by atoms with Crippen LogP contribution < -0.4 is 11.1 Å². The SMILES string of the molecule is Cl.NCCC(=O)Nc1cccc(CSC2CCCCC2)c1. The standard InChI is InChI=1S/C16H24N2OS.ClH/c17-10-9-16(19)18-14-6-4-5-13(11-14)12-20-15-7-2-1-3-8-15;/h4-6,11,15H,1-3,7-10,12,17H2,(H,18,19);1H. The van der Waals surface area contributed by atoms with Crippen molar-refractivity contribution >= 4 is 35.8 Å². The van der Waals surface area contributed by atoms with E-state index in [0.717, 1.165) is 16.7 Å². The number of nitrogens with two attached hydrogens (primary N) is 1. The van der Waals surface area contributed by atoms with Crippen molar-refractivity contribution in [3.8, 4) is 0 Å². The zero-order valence-electron chi connectivity index (χ0n) is 12.3. The van der Waals surface area contributed by atoms with Crippen molar-refractivity contribution in [1.29, 1.82) is 0 Å². The van der Waals surface area contributed by atoms with Gasteiger partial charge in [0.05, 0.1) is 0 Å². The van der Waals surface area contributed by atoms with Gasteiger partial charge in [-0.1, -0.05) is 31.4 Å². The summed E-state index contributed by atoms with van der Waals surface area (Å²) in [6, 6.07) is 8.15. The first-order chi connectivity index (χ1) is 9.78. The van der Waals surface area contributed by atoms with Gasteiger partial charge in [-0.05, 0) is 30.5 Å². The van der Waals surface area contributed by atoms with Crippen molar-refractivity contribution in [2.75, 3.05) is 11.9 Å². The van der Waals surface area contributed by atoms with E-state index < -0.39 is 0 Å². The summed E-state index contributed by atoms with van der Waals surface area (Å²) in [7, 11) is 0. The molecule has 1 fully saturated rings. The van der Waals surface area contributed by atoms with E-state index >= 15 is 0 Å². The number of hydrogen-bond donors (Lipinski definition) is 2. The lowest BCUT2D eigenvalue weighted by atomic mass is 10.0. The molecular weight excluding hydrogens is 304 g/mol. The van der Waals surface area contributed by atoms with E-state index in [0.29, 0.717) is 13.0 Å². The molecular formula is C16H25ClN2OS. The third-order valence-electron chi connectivity index (χ3n) is 3.62. The first-order valence-electron chi connectivity index (χ1n) is 7.48. The Labute approximate surface area is 137 Å². The van der Waals surface area contributed by atoms with Gasteiger partial charge < -0.3 is 11.1 Å². The summed E-state index contributed by atoms with van der Waals surface area (Å²) in [5.41, 5.74) is 7.54. The van der Waals surface area contributed by atoms with E-state index in [1.807, 2.05) is 12.1 Å². The topological polar surface area (TPSA) is 55.1 Å². The average Bonchev–Trinajstić information content (AvgIpc) is 2.47. The van der Waals surface area contributed by atoms with Crippen LogP contribution in [0.5, 0.6) is 0 Å². The monoisotopic (exact) mass is 328 g/mol. The van der Waals surface area contributed by atoms with E-state index in [2.05, 4.69) is 29.2 Å². The average molecular weight is 329 g/mol. The molecule has 118 valence electrons. The number of rotatable bonds is 6. The largest absolute Gasteiger partial charge is 0.330 e. The molecule has 21 heavy (non-hydrogen) atoms. The molecule has 1 aliphatic carbocycles. The molecule has 0 aromatic heterocycles. The van der Waals surface area contributed by atoms with Gasteiger partial charge >= 0.3 is 0 Å². The summed E-state index contributed by atoms with van der Waals surface area (Å²) < 4.78 is 0. The molecule has 0 radical (unpaired) electrons. The molecule has 3 N–H and O–H groups in total. The number of anilines is 1. The minimum atomic E-state index is -0.00964. The lowest BCUT2D eigenvalue weighted by molar-refractivity contribution is -0.116. The van der Waals surface area contributed by atoms with Crippen LogP contribution in [0.15, 0.2) is 24.3 Å². The molecule has 0 unspecified atom stereocenters. The fraction of sp³-hybridized carbons (Fsp3) is 0.562.